The molecule has 3 nitrogen and oxygen atoms in total. The minimum Gasteiger partial charge on any atom is -0.396 e. The van der Waals surface area contributed by atoms with Gasteiger partial charge in [0.05, 0.1) is 12.2 Å². The Balaban J connectivity index is 2.33. The van der Waals surface area contributed by atoms with Gasteiger partial charge in [-0.2, -0.15) is 0 Å². The summed E-state index contributed by atoms with van der Waals surface area (Å²) in [5, 5.41) is 18.8. The van der Waals surface area contributed by atoms with E-state index in [1.165, 1.54) is 0 Å². The molecule has 0 unspecified atom stereocenters. The van der Waals surface area contributed by atoms with Gasteiger partial charge in [0.2, 0.25) is 0 Å². The molecule has 0 heterocycles. The lowest BCUT2D eigenvalue weighted by Gasteiger charge is -2.34. The average molecular weight is 174 g/mol. The molecule has 1 aliphatic rings. The molecular formula is C9H18O3. The molecule has 1 saturated carbocycles. The number of hydrogen-bond acceptors (Lipinski definition) is 3. The van der Waals surface area contributed by atoms with Gasteiger partial charge in [-0.15, -0.1) is 0 Å². The van der Waals surface area contributed by atoms with E-state index in [0.29, 0.717) is 12.5 Å². The van der Waals surface area contributed by atoms with Crippen LogP contribution in [0, 0.1) is 5.92 Å². The molecule has 0 amide bonds. The highest BCUT2D eigenvalue weighted by Gasteiger charge is 2.32. The van der Waals surface area contributed by atoms with E-state index in [-0.39, 0.29) is 6.61 Å². The lowest BCUT2D eigenvalue weighted by atomic mass is 9.79. The van der Waals surface area contributed by atoms with Crippen LogP contribution in [0.25, 0.3) is 0 Å². The third-order valence-corrected chi connectivity index (χ3v) is 2.71. The maximum absolute atomic E-state index is 9.88. The summed E-state index contributed by atoms with van der Waals surface area (Å²) in [6.45, 7) is 0.675. The van der Waals surface area contributed by atoms with E-state index in [1.807, 2.05) is 0 Å². The molecule has 2 N–H and O–H groups in total. The number of ether oxygens (including phenoxy) is 1. The molecule has 1 fully saturated rings. The molecule has 0 saturated heterocycles. The number of rotatable bonds is 3. The Labute approximate surface area is 73.4 Å². The fourth-order valence-electron chi connectivity index (χ4n) is 1.81. The van der Waals surface area contributed by atoms with Gasteiger partial charge in [0.15, 0.2) is 0 Å². The highest BCUT2D eigenvalue weighted by Crippen LogP contribution is 2.31. The molecule has 1 rings (SSSR count). The number of aliphatic hydroxyl groups excluding tert-OH is 1. The summed E-state index contributed by atoms with van der Waals surface area (Å²) in [4.78, 5) is 0. The Morgan fingerprint density at radius 3 is 2.42 bits per heavy atom. The van der Waals surface area contributed by atoms with Crippen molar-refractivity contribution >= 4 is 0 Å². The predicted molar refractivity (Wildman–Crippen MR) is 45.9 cm³/mol. The largest absolute Gasteiger partial charge is 0.396 e. The van der Waals surface area contributed by atoms with Crippen molar-refractivity contribution in [2.75, 3.05) is 20.3 Å². The monoisotopic (exact) mass is 174 g/mol. The second-order valence-corrected chi connectivity index (χ2v) is 3.78. The van der Waals surface area contributed by atoms with Crippen LogP contribution in [0.1, 0.15) is 25.7 Å². The molecule has 0 aromatic rings. The van der Waals surface area contributed by atoms with Crippen molar-refractivity contribution < 1.29 is 14.9 Å². The minimum absolute atomic E-state index is 0.253. The summed E-state index contributed by atoms with van der Waals surface area (Å²) in [6.07, 6.45) is 3.34. The first-order valence-electron chi connectivity index (χ1n) is 4.52. The molecular weight excluding hydrogens is 156 g/mol. The van der Waals surface area contributed by atoms with Gasteiger partial charge in [-0.1, -0.05) is 0 Å². The van der Waals surface area contributed by atoms with Crippen LogP contribution in [-0.4, -0.2) is 36.1 Å². The van der Waals surface area contributed by atoms with E-state index in [2.05, 4.69) is 0 Å². The smallest absolute Gasteiger partial charge is 0.0880 e. The molecule has 0 bridgehead atoms. The van der Waals surface area contributed by atoms with Crippen LogP contribution < -0.4 is 0 Å². The summed E-state index contributed by atoms with van der Waals surface area (Å²) in [5.74, 6) is 0.391. The van der Waals surface area contributed by atoms with E-state index in [0.717, 1.165) is 25.7 Å². The van der Waals surface area contributed by atoms with Gasteiger partial charge >= 0.3 is 0 Å². The second kappa shape index (κ2) is 4.21. The van der Waals surface area contributed by atoms with Crippen molar-refractivity contribution in [3.63, 3.8) is 0 Å². The zero-order valence-electron chi connectivity index (χ0n) is 7.62. The van der Waals surface area contributed by atoms with Crippen LogP contribution in [-0.2, 0) is 4.74 Å². The Bertz CT molecular complexity index is 128. The van der Waals surface area contributed by atoms with Gasteiger partial charge < -0.3 is 14.9 Å². The van der Waals surface area contributed by atoms with Crippen LogP contribution in [0.2, 0.25) is 0 Å². The van der Waals surface area contributed by atoms with Crippen molar-refractivity contribution in [2.24, 2.45) is 5.92 Å². The zero-order chi connectivity index (χ0) is 9.03. The number of hydrogen-bond donors (Lipinski definition) is 2. The lowest BCUT2D eigenvalue weighted by Crippen LogP contribution is -2.38. The fourth-order valence-corrected chi connectivity index (χ4v) is 1.81. The first-order valence-corrected chi connectivity index (χ1v) is 4.52. The van der Waals surface area contributed by atoms with Gasteiger partial charge in [-0.25, -0.2) is 0 Å². The van der Waals surface area contributed by atoms with Crippen molar-refractivity contribution in [2.45, 2.75) is 31.3 Å². The first kappa shape index (κ1) is 9.96. The highest BCUT2D eigenvalue weighted by molar-refractivity contribution is 4.84. The van der Waals surface area contributed by atoms with E-state index in [1.54, 1.807) is 7.11 Å². The molecule has 0 aromatic carbocycles. The minimum atomic E-state index is -0.625. The maximum atomic E-state index is 9.88. The Kier molecular flexibility index (Phi) is 3.50. The molecule has 3 heteroatoms. The van der Waals surface area contributed by atoms with Crippen molar-refractivity contribution in [3.05, 3.63) is 0 Å². The summed E-state index contributed by atoms with van der Waals surface area (Å²) in [5.41, 5.74) is -0.625. The summed E-state index contributed by atoms with van der Waals surface area (Å²) in [6, 6.07) is 0. The van der Waals surface area contributed by atoms with E-state index in [4.69, 9.17) is 9.84 Å². The normalized spacial score (nSPS) is 36.8. The topological polar surface area (TPSA) is 49.7 Å². The van der Waals surface area contributed by atoms with Crippen LogP contribution in [0.3, 0.4) is 0 Å². The fraction of sp³-hybridized carbons (Fsp3) is 1.00. The van der Waals surface area contributed by atoms with Gasteiger partial charge in [-0.05, 0) is 31.6 Å². The standard InChI is InChI=1S/C9H18O3/c1-12-7-9(11)4-2-8(6-10)3-5-9/h8,10-11H,2-7H2,1H3/t8-,9-. The number of methoxy groups -OCH3 is 1. The Morgan fingerprint density at radius 2 is 2.00 bits per heavy atom. The van der Waals surface area contributed by atoms with Gasteiger partial charge in [0.1, 0.15) is 0 Å². The summed E-state index contributed by atoms with van der Waals surface area (Å²) < 4.78 is 4.94. The van der Waals surface area contributed by atoms with Gasteiger partial charge in [-0.3, -0.25) is 0 Å². The quantitative estimate of drug-likeness (QED) is 0.656. The predicted octanol–water partition coefficient (Wildman–Crippen LogP) is 0.546. The molecule has 12 heavy (non-hydrogen) atoms. The summed E-state index contributed by atoms with van der Waals surface area (Å²) in [7, 11) is 1.61. The molecule has 72 valence electrons. The zero-order valence-corrected chi connectivity index (χ0v) is 7.62. The van der Waals surface area contributed by atoms with Crippen molar-refractivity contribution in [1.82, 2.24) is 0 Å². The molecule has 0 spiro atoms. The molecule has 0 atom stereocenters. The molecule has 0 aliphatic heterocycles. The second-order valence-electron chi connectivity index (χ2n) is 3.78. The third kappa shape index (κ3) is 2.44. The van der Waals surface area contributed by atoms with Gasteiger partial charge in [0.25, 0.3) is 0 Å². The molecule has 1 aliphatic carbocycles. The van der Waals surface area contributed by atoms with Crippen molar-refractivity contribution in [1.29, 1.82) is 0 Å². The first-order chi connectivity index (χ1) is 5.70. The third-order valence-electron chi connectivity index (χ3n) is 2.71. The maximum Gasteiger partial charge on any atom is 0.0880 e. The Morgan fingerprint density at radius 1 is 1.42 bits per heavy atom. The number of aliphatic hydroxyl groups is 2. The van der Waals surface area contributed by atoms with E-state index in [9.17, 15) is 5.11 Å². The van der Waals surface area contributed by atoms with E-state index >= 15 is 0 Å². The highest BCUT2D eigenvalue weighted by atomic mass is 16.5. The summed E-state index contributed by atoms with van der Waals surface area (Å²) >= 11 is 0. The van der Waals surface area contributed by atoms with E-state index < -0.39 is 5.60 Å². The SMILES string of the molecule is COC[C@]1(O)CC[C@H](CO)CC1. The van der Waals surface area contributed by atoms with Crippen LogP contribution in [0.4, 0.5) is 0 Å². The molecule has 0 aromatic heterocycles. The Hall–Kier alpha value is -0.120. The molecule has 0 radical (unpaired) electrons. The van der Waals surface area contributed by atoms with Crippen molar-refractivity contribution in [3.8, 4) is 0 Å². The van der Waals surface area contributed by atoms with Crippen LogP contribution in [0.15, 0.2) is 0 Å². The lowest BCUT2D eigenvalue weighted by molar-refractivity contribution is -0.0677. The van der Waals surface area contributed by atoms with Crippen LogP contribution in [0.5, 0.6) is 0 Å². The average Bonchev–Trinajstić information content (AvgIpc) is 2.06. The van der Waals surface area contributed by atoms with Gasteiger partial charge in [0, 0.05) is 13.7 Å². The van der Waals surface area contributed by atoms with Crippen LogP contribution >= 0.6 is 0 Å².